The molecular formula is C8H11BrO2. The van der Waals surface area contributed by atoms with Crippen molar-refractivity contribution >= 4 is 15.9 Å². The number of hydrogen-bond acceptors (Lipinski definition) is 2. The van der Waals surface area contributed by atoms with Gasteiger partial charge in [0.15, 0.2) is 0 Å². The number of alkyl halides is 1. The van der Waals surface area contributed by atoms with Crippen molar-refractivity contribution in [2.75, 3.05) is 14.2 Å². The highest BCUT2D eigenvalue weighted by molar-refractivity contribution is 9.09. The Balaban J connectivity index is 2.71. The summed E-state index contributed by atoms with van der Waals surface area (Å²) in [6.45, 7) is 0. The summed E-state index contributed by atoms with van der Waals surface area (Å²) < 4.78 is 10.2. The topological polar surface area (TPSA) is 18.5 Å². The summed E-state index contributed by atoms with van der Waals surface area (Å²) in [5, 5.41) is 0. The number of methoxy groups -OCH3 is 2. The Morgan fingerprint density at radius 3 is 2.73 bits per heavy atom. The van der Waals surface area contributed by atoms with Crippen molar-refractivity contribution in [3.05, 3.63) is 23.7 Å². The molecule has 0 aromatic carbocycles. The van der Waals surface area contributed by atoms with Crippen LogP contribution in [0.25, 0.3) is 0 Å². The highest BCUT2D eigenvalue weighted by atomic mass is 79.9. The van der Waals surface area contributed by atoms with Crippen LogP contribution >= 0.6 is 15.9 Å². The van der Waals surface area contributed by atoms with Crippen molar-refractivity contribution in [1.82, 2.24) is 0 Å². The molecule has 0 aliphatic heterocycles. The molecule has 0 spiro atoms. The van der Waals surface area contributed by atoms with Gasteiger partial charge in [-0.25, -0.2) is 0 Å². The Hall–Kier alpha value is -0.440. The Morgan fingerprint density at radius 2 is 2.18 bits per heavy atom. The van der Waals surface area contributed by atoms with Crippen LogP contribution in [0, 0.1) is 0 Å². The number of ether oxygens (including phenoxy) is 2. The van der Waals surface area contributed by atoms with Crippen LogP contribution in [0.15, 0.2) is 23.7 Å². The van der Waals surface area contributed by atoms with Crippen molar-refractivity contribution in [3.63, 3.8) is 0 Å². The van der Waals surface area contributed by atoms with Gasteiger partial charge in [0.05, 0.1) is 14.2 Å². The molecule has 0 saturated heterocycles. The van der Waals surface area contributed by atoms with Crippen molar-refractivity contribution in [1.29, 1.82) is 0 Å². The van der Waals surface area contributed by atoms with E-state index in [2.05, 4.69) is 15.9 Å². The molecule has 1 aliphatic carbocycles. The summed E-state index contributed by atoms with van der Waals surface area (Å²) in [6.07, 6.45) is 4.81. The first-order valence-electron chi connectivity index (χ1n) is 3.40. The average molecular weight is 219 g/mol. The Bertz CT molecular complexity index is 196. The maximum Gasteiger partial charge on any atom is 0.119 e. The van der Waals surface area contributed by atoms with Crippen LogP contribution in [-0.4, -0.2) is 19.0 Å². The summed E-state index contributed by atoms with van der Waals surface area (Å²) in [4.78, 5) is 0.331. The van der Waals surface area contributed by atoms with Crippen LogP contribution < -0.4 is 0 Å². The van der Waals surface area contributed by atoms with E-state index in [1.54, 1.807) is 14.2 Å². The fraction of sp³-hybridized carbons (Fsp3) is 0.500. The molecule has 62 valence electrons. The molecule has 1 rings (SSSR count). The van der Waals surface area contributed by atoms with Crippen LogP contribution in [0.5, 0.6) is 0 Å². The number of halogens is 1. The van der Waals surface area contributed by atoms with E-state index >= 15 is 0 Å². The van der Waals surface area contributed by atoms with Gasteiger partial charge in [-0.15, -0.1) is 0 Å². The van der Waals surface area contributed by atoms with Gasteiger partial charge in [-0.3, -0.25) is 0 Å². The molecule has 0 radical (unpaired) electrons. The summed E-state index contributed by atoms with van der Waals surface area (Å²) in [5.41, 5.74) is 0. The molecule has 0 aromatic rings. The quantitative estimate of drug-likeness (QED) is 0.663. The lowest BCUT2D eigenvalue weighted by Crippen LogP contribution is -2.05. The zero-order valence-electron chi connectivity index (χ0n) is 6.63. The molecule has 0 heterocycles. The minimum atomic E-state index is 0.331. The molecule has 2 nitrogen and oxygen atoms in total. The van der Waals surface area contributed by atoms with E-state index in [0.717, 1.165) is 17.9 Å². The van der Waals surface area contributed by atoms with Crippen LogP contribution in [0.4, 0.5) is 0 Å². The van der Waals surface area contributed by atoms with Gasteiger partial charge in [-0.05, 0) is 6.08 Å². The zero-order valence-corrected chi connectivity index (χ0v) is 8.22. The van der Waals surface area contributed by atoms with Gasteiger partial charge in [-0.1, -0.05) is 15.9 Å². The molecule has 1 unspecified atom stereocenters. The fourth-order valence-electron chi connectivity index (χ4n) is 0.964. The number of hydrogen-bond donors (Lipinski definition) is 0. The van der Waals surface area contributed by atoms with Gasteiger partial charge < -0.3 is 9.47 Å². The molecule has 3 heteroatoms. The van der Waals surface area contributed by atoms with Crippen molar-refractivity contribution in [2.24, 2.45) is 0 Å². The Kier molecular flexibility index (Phi) is 3.00. The van der Waals surface area contributed by atoms with E-state index in [9.17, 15) is 0 Å². The number of rotatable bonds is 2. The molecule has 1 aliphatic rings. The fourth-order valence-corrected chi connectivity index (χ4v) is 1.54. The van der Waals surface area contributed by atoms with E-state index in [-0.39, 0.29) is 0 Å². The second kappa shape index (κ2) is 3.81. The second-order valence-electron chi connectivity index (χ2n) is 2.31. The smallest absolute Gasteiger partial charge is 0.119 e. The first kappa shape index (κ1) is 8.65. The first-order chi connectivity index (χ1) is 5.26. The van der Waals surface area contributed by atoms with E-state index in [1.165, 1.54) is 0 Å². The zero-order chi connectivity index (χ0) is 8.27. The van der Waals surface area contributed by atoms with Crippen molar-refractivity contribution < 1.29 is 9.47 Å². The molecule has 0 bridgehead atoms. The van der Waals surface area contributed by atoms with Gasteiger partial charge in [0.1, 0.15) is 11.5 Å². The van der Waals surface area contributed by atoms with Gasteiger partial charge in [-0.2, -0.15) is 0 Å². The highest BCUT2D eigenvalue weighted by Gasteiger charge is 2.12. The molecule has 0 fully saturated rings. The minimum Gasteiger partial charge on any atom is -0.501 e. The third kappa shape index (κ3) is 2.26. The summed E-state index contributed by atoms with van der Waals surface area (Å²) >= 11 is 3.47. The largest absolute Gasteiger partial charge is 0.501 e. The Morgan fingerprint density at radius 1 is 1.45 bits per heavy atom. The lowest BCUT2D eigenvalue weighted by Gasteiger charge is -2.15. The SMILES string of the molecule is COC1=CC(Br)CC(OC)=C1. The standard InChI is InChI=1S/C8H11BrO2/c1-10-7-3-6(9)4-8(5-7)11-2/h3,5-6H,4H2,1-2H3. The number of allylic oxidation sites excluding steroid dienone is 3. The third-order valence-electron chi connectivity index (χ3n) is 1.54. The third-order valence-corrected chi connectivity index (χ3v) is 2.13. The summed E-state index contributed by atoms with van der Waals surface area (Å²) in [5.74, 6) is 1.81. The van der Waals surface area contributed by atoms with Crippen molar-refractivity contribution in [3.8, 4) is 0 Å². The predicted molar refractivity (Wildman–Crippen MR) is 47.5 cm³/mol. The molecule has 1 atom stereocenters. The minimum absolute atomic E-state index is 0.331. The van der Waals surface area contributed by atoms with Crippen LogP contribution in [0.1, 0.15) is 6.42 Å². The molecular weight excluding hydrogens is 208 g/mol. The summed E-state index contributed by atoms with van der Waals surface area (Å²) in [7, 11) is 3.32. The molecule has 0 amide bonds. The van der Waals surface area contributed by atoms with E-state index in [1.807, 2.05) is 12.2 Å². The highest BCUT2D eigenvalue weighted by Crippen LogP contribution is 2.23. The predicted octanol–water partition coefficient (Wildman–Crippen LogP) is 2.21. The van der Waals surface area contributed by atoms with Crippen LogP contribution in [-0.2, 0) is 9.47 Å². The molecule has 0 N–H and O–H groups in total. The maximum atomic E-state index is 5.10. The van der Waals surface area contributed by atoms with Gasteiger partial charge >= 0.3 is 0 Å². The Labute approximate surface area is 75.0 Å². The lowest BCUT2D eigenvalue weighted by molar-refractivity contribution is 0.259. The lowest BCUT2D eigenvalue weighted by atomic mass is 10.1. The van der Waals surface area contributed by atoms with E-state index in [0.29, 0.717) is 4.83 Å². The molecule has 0 saturated carbocycles. The average Bonchev–Trinajstić information content (AvgIpc) is 2.03. The van der Waals surface area contributed by atoms with Gasteiger partial charge in [0, 0.05) is 17.3 Å². The van der Waals surface area contributed by atoms with Gasteiger partial charge in [0.2, 0.25) is 0 Å². The van der Waals surface area contributed by atoms with Crippen molar-refractivity contribution in [2.45, 2.75) is 11.2 Å². The van der Waals surface area contributed by atoms with E-state index < -0.39 is 0 Å². The second-order valence-corrected chi connectivity index (χ2v) is 3.48. The normalized spacial score (nSPS) is 23.7. The van der Waals surface area contributed by atoms with Crippen LogP contribution in [0.2, 0.25) is 0 Å². The van der Waals surface area contributed by atoms with E-state index in [4.69, 9.17) is 9.47 Å². The van der Waals surface area contributed by atoms with Crippen LogP contribution in [0.3, 0.4) is 0 Å². The maximum absolute atomic E-state index is 5.10. The van der Waals surface area contributed by atoms with Gasteiger partial charge in [0.25, 0.3) is 0 Å². The molecule has 0 aromatic heterocycles. The first-order valence-corrected chi connectivity index (χ1v) is 4.32. The monoisotopic (exact) mass is 218 g/mol. The summed E-state index contributed by atoms with van der Waals surface area (Å²) in [6, 6.07) is 0. The molecule has 11 heavy (non-hydrogen) atoms.